The van der Waals surface area contributed by atoms with Crippen molar-refractivity contribution in [1.82, 2.24) is 0 Å². The molecular weight excluding hydrogens is 184 g/mol. The minimum atomic E-state index is -3.91. The van der Waals surface area contributed by atoms with Crippen LogP contribution in [0.5, 0.6) is 0 Å². The summed E-state index contributed by atoms with van der Waals surface area (Å²) < 4.78 is 51.8. The lowest BCUT2D eigenvalue weighted by Gasteiger charge is -2.30. The van der Waals surface area contributed by atoms with E-state index in [0.717, 1.165) is 13.8 Å². The van der Waals surface area contributed by atoms with Gasteiger partial charge in [0.05, 0.1) is 0 Å². The summed E-state index contributed by atoms with van der Waals surface area (Å²) in [6.07, 6.45) is -0.766. The van der Waals surface area contributed by atoms with Crippen LogP contribution in [-0.2, 0) is 0 Å². The number of halogens is 4. The molecule has 0 aromatic heterocycles. The number of rotatable bonds is 4. The maximum Gasteiger partial charge on any atom is 0.312 e. The van der Waals surface area contributed by atoms with Gasteiger partial charge in [0.25, 0.3) is 0 Å². The molecule has 0 heterocycles. The van der Waals surface area contributed by atoms with Crippen LogP contribution in [0, 0.1) is 11.8 Å². The van der Waals surface area contributed by atoms with E-state index in [1.54, 1.807) is 0 Å². The molecule has 0 aliphatic carbocycles. The molecular formula is C9H16F4. The van der Waals surface area contributed by atoms with Gasteiger partial charge >= 0.3 is 11.8 Å². The van der Waals surface area contributed by atoms with Gasteiger partial charge in [0.15, 0.2) is 0 Å². The lowest BCUT2D eigenvalue weighted by Crippen LogP contribution is -2.45. The van der Waals surface area contributed by atoms with Gasteiger partial charge in [-0.15, -0.1) is 0 Å². The highest BCUT2D eigenvalue weighted by molar-refractivity contribution is 4.87. The van der Waals surface area contributed by atoms with E-state index in [0.29, 0.717) is 0 Å². The van der Waals surface area contributed by atoms with Crippen molar-refractivity contribution < 1.29 is 17.6 Å². The Morgan fingerprint density at radius 3 is 1.54 bits per heavy atom. The first-order valence-corrected chi connectivity index (χ1v) is 4.37. The number of hydrogen-bond donors (Lipinski definition) is 0. The first kappa shape index (κ1) is 12.7. The summed E-state index contributed by atoms with van der Waals surface area (Å²) >= 11 is 0. The van der Waals surface area contributed by atoms with Crippen LogP contribution in [0.4, 0.5) is 17.6 Å². The molecule has 0 unspecified atom stereocenters. The Balaban J connectivity index is 4.60. The zero-order valence-electron chi connectivity index (χ0n) is 8.37. The predicted octanol–water partition coefficient (Wildman–Crippen LogP) is 3.96. The molecule has 0 radical (unpaired) electrons. The molecule has 0 aliphatic rings. The summed E-state index contributed by atoms with van der Waals surface area (Å²) in [5, 5.41) is 0. The van der Waals surface area contributed by atoms with Crippen LogP contribution >= 0.6 is 0 Å². The maximum atomic E-state index is 13.0. The second-order valence-corrected chi connectivity index (χ2v) is 4.08. The minimum absolute atomic E-state index is 0.431. The van der Waals surface area contributed by atoms with Gasteiger partial charge in [-0.3, -0.25) is 0 Å². The molecule has 0 saturated heterocycles. The van der Waals surface area contributed by atoms with E-state index in [1.807, 2.05) is 0 Å². The first-order chi connectivity index (χ1) is 5.61. The quantitative estimate of drug-likeness (QED) is 0.602. The molecule has 0 amide bonds. The van der Waals surface area contributed by atoms with Crippen LogP contribution in [-0.4, -0.2) is 11.8 Å². The van der Waals surface area contributed by atoms with Crippen molar-refractivity contribution in [2.75, 3.05) is 0 Å². The van der Waals surface area contributed by atoms with E-state index in [1.165, 1.54) is 13.8 Å². The molecule has 0 bridgehead atoms. The smallest absolute Gasteiger partial charge is 0.200 e. The fraction of sp³-hybridized carbons (Fsp3) is 1.00. The molecule has 13 heavy (non-hydrogen) atoms. The SMILES string of the molecule is CC(C)CC(F)(F)C(F)(F)C(C)C. The molecule has 80 valence electrons. The Kier molecular flexibility index (Phi) is 3.76. The lowest BCUT2D eigenvalue weighted by atomic mass is 9.93. The zero-order valence-corrected chi connectivity index (χ0v) is 8.37. The van der Waals surface area contributed by atoms with Crippen molar-refractivity contribution in [2.24, 2.45) is 11.8 Å². The Labute approximate surface area is 76.3 Å². The number of alkyl halides is 4. The fourth-order valence-corrected chi connectivity index (χ4v) is 1.07. The van der Waals surface area contributed by atoms with Crippen molar-refractivity contribution in [2.45, 2.75) is 46.0 Å². The molecule has 0 nitrogen and oxygen atoms in total. The Morgan fingerprint density at radius 2 is 1.31 bits per heavy atom. The van der Waals surface area contributed by atoms with Gasteiger partial charge in [-0.1, -0.05) is 27.7 Å². The summed E-state index contributed by atoms with van der Waals surface area (Å²) in [5.74, 6) is -9.56. The molecule has 0 aliphatic heterocycles. The minimum Gasteiger partial charge on any atom is -0.200 e. The third kappa shape index (κ3) is 2.85. The van der Waals surface area contributed by atoms with Gasteiger partial charge < -0.3 is 0 Å². The molecule has 0 fully saturated rings. The van der Waals surface area contributed by atoms with Crippen molar-refractivity contribution in [3.63, 3.8) is 0 Å². The summed E-state index contributed by atoms with van der Waals surface area (Å²) in [6.45, 7) is 5.22. The molecule has 0 spiro atoms. The molecule has 0 saturated carbocycles. The van der Waals surface area contributed by atoms with Crippen LogP contribution in [0.1, 0.15) is 34.1 Å². The first-order valence-electron chi connectivity index (χ1n) is 4.37. The van der Waals surface area contributed by atoms with Gasteiger partial charge in [0.1, 0.15) is 0 Å². The fourth-order valence-electron chi connectivity index (χ4n) is 1.07. The van der Waals surface area contributed by atoms with Crippen LogP contribution < -0.4 is 0 Å². The largest absolute Gasteiger partial charge is 0.312 e. The summed E-state index contributed by atoms with van der Waals surface area (Å²) in [5.41, 5.74) is 0. The second kappa shape index (κ2) is 3.84. The Bertz CT molecular complexity index is 161. The lowest BCUT2D eigenvalue weighted by molar-refractivity contribution is -0.237. The number of hydrogen-bond acceptors (Lipinski definition) is 0. The molecule has 0 N–H and O–H groups in total. The van der Waals surface area contributed by atoms with Crippen LogP contribution in [0.2, 0.25) is 0 Å². The standard InChI is InChI=1S/C9H16F4/c1-6(2)5-8(10,11)9(12,13)7(3)4/h6-7H,5H2,1-4H3. The van der Waals surface area contributed by atoms with Crippen molar-refractivity contribution >= 4 is 0 Å². The van der Waals surface area contributed by atoms with E-state index in [4.69, 9.17) is 0 Å². The van der Waals surface area contributed by atoms with Gasteiger partial charge in [-0.2, -0.15) is 17.6 Å². The van der Waals surface area contributed by atoms with Gasteiger partial charge in [0, 0.05) is 12.3 Å². The molecule has 0 aromatic carbocycles. The maximum absolute atomic E-state index is 13.0. The summed E-state index contributed by atoms with van der Waals surface area (Å²) in [6, 6.07) is 0. The van der Waals surface area contributed by atoms with Gasteiger partial charge in [0.2, 0.25) is 0 Å². The van der Waals surface area contributed by atoms with Crippen molar-refractivity contribution in [3.8, 4) is 0 Å². The van der Waals surface area contributed by atoms with E-state index in [-0.39, 0.29) is 0 Å². The van der Waals surface area contributed by atoms with Crippen molar-refractivity contribution in [3.05, 3.63) is 0 Å². The average Bonchev–Trinajstić information content (AvgIpc) is 1.83. The van der Waals surface area contributed by atoms with E-state index < -0.39 is 30.1 Å². The van der Waals surface area contributed by atoms with Crippen LogP contribution in [0.25, 0.3) is 0 Å². The summed E-state index contributed by atoms with van der Waals surface area (Å²) in [4.78, 5) is 0. The van der Waals surface area contributed by atoms with E-state index in [9.17, 15) is 17.6 Å². The zero-order chi connectivity index (χ0) is 10.9. The topological polar surface area (TPSA) is 0 Å². The van der Waals surface area contributed by atoms with Gasteiger partial charge in [-0.25, -0.2) is 0 Å². The molecule has 0 aromatic rings. The molecule has 0 atom stereocenters. The van der Waals surface area contributed by atoms with E-state index >= 15 is 0 Å². The highest BCUT2D eigenvalue weighted by atomic mass is 19.3. The molecule has 4 heteroatoms. The second-order valence-electron chi connectivity index (χ2n) is 4.08. The average molecular weight is 200 g/mol. The highest BCUT2D eigenvalue weighted by Crippen LogP contribution is 2.43. The monoisotopic (exact) mass is 200 g/mol. The highest BCUT2D eigenvalue weighted by Gasteiger charge is 2.57. The third-order valence-corrected chi connectivity index (χ3v) is 1.88. The van der Waals surface area contributed by atoms with Crippen molar-refractivity contribution in [1.29, 1.82) is 0 Å². The predicted molar refractivity (Wildman–Crippen MR) is 44.2 cm³/mol. The molecule has 0 rings (SSSR count). The Morgan fingerprint density at radius 1 is 0.923 bits per heavy atom. The normalized spacial score (nSPS) is 14.3. The van der Waals surface area contributed by atoms with Gasteiger partial charge in [-0.05, 0) is 5.92 Å². The van der Waals surface area contributed by atoms with Crippen LogP contribution in [0.15, 0.2) is 0 Å². The third-order valence-electron chi connectivity index (χ3n) is 1.88. The summed E-state index contributed by atoms with van der Waals surface area (Å²) in [7, 11) is 0. The van der Waals surface area contributed by atoms with Crippen LogP contribution in [0.3, 0.4) is 0 Å². The van der Waals surface area contributed by atoms with E-state index in [2.05, 4.69) is 0 Å². The Hall–Kier alpha value is -0.280.